The fourth-order valence-corrected chi connectivity index (χ4v) is 2.99. The third kappa shape index (κ3) is 3.07. The number of nitrogen functional groups attached to an aromatic ring is 1. The number of carbonyl (C=O) groups excluding carboxylic acids is 1. The lowest BCUT2D eigenvalue weighted by Crippen LogP contribution is -2.33. The smallest absolute Gasteiger partial charge is 0.399 e. The number of thiocarbonyl (C=S) groups is 1. The highest BCUT2D eigenvalue weighted by Crippen LogP contribution is 2.36. The maximum Gasteiger partial charge on any atom is 0.417 e. The van der Waals surface area contributed by atoms with Crippen molar-refractivity contribution in [1.29, 1.82) is 5.26 Å². The SMILES string of the molecule is N#Cc1ccc(N2C(=O)CN(c3ccc(N)cc3)C2=S)cc1C(F)(F)F. The molecule has 0 radical (unpaired) electrons. The standard InChI is InChI=1S/C17H11F3N4OS/c18-17(19,20)14-7-13(4-1-10(14)8-21)24-15(25)9-23(16(24)26)12-5-2-11(22)3-6-12/h1-7H,9,22H2. The Kier molecular flexibility index (Phi) is 4.29. The number of hydrogen-bond acceptors (Lipinski definition) is 4. The molecule has 0 atom stereocenters. The zero-order chi connectivity index (χ0) is 19.1. The highest BCUT2D eigenvalue weighted by atomic mass is 32.1. The molecule has 5 nitrogen and oxygen atoms in total. The molecular formula is C17H11F3N4OS. The summed E-state index contributed by atoms with van der Waals surface area (Å²) in [6.07, 6.45) is -4.72. The van der Waals surface area contributed by atoms with Crippen molar-refractivity contribution in [2.75, 3.05) is 22.1 Å². The molecule has 2 N–H and O–H groups in total. The summed E-state index contributed by atoms with van der Waals surface area (Å²) in [6, 6.07) is 11.2. The molecule has 2 aromatic carbocycles. The van der Waals surface area contributed by atoms with Crippen LogP contribution < -0.4 is 15.5 Å². The number of anilines is 3. The van der Waals surface area contributed by atoms with Gasteiger partial charge in [0.15, 0.2) is 5.11 Å². The number of amides is 1. The van der Waals surface area contributed by atoms with Gasteiger partial charge in [0, 0.05) is 11.4 Å². The summed E-state index contributed by atoms with van der Waals surface area (Å²) in [5.41, 5.74) is 5.09. The number of nitriles is 1. The van der Waals surface area contributed by atoms with Crippen LogP contribution in [0.25, 0.3) is 0 Å². The predicted octanol–water partition coefficient (Wildman–Crippen LogP) is 3.30. The summed E-state index contributed by atoms with van der Waals surface area (Å²) >= 11 is 5.29. The number of benzene rings is 2. The van der Waals surface area contributed by atoms with Gasteiger partial charge in [-0.3, -0.25) is 9.69 Å². The van der Waals surface area contributed by atoms with E-state index in [1.54, 1.807) is 24.3 Å². The van der Waals surface area contributed by atoms with E-state index >= 15 is 0 Å². The van der Waals surface area contributed by atoms with Gasteiger partial charge in [-0.1, -0.05) is 0 Å². The Hall–Kier alpha value is -3.12. The number of nitrogens with zero attached hydrogens (tertiary/aromatic N) is 3. The van der Waals surface area contributed by atoms with Crippen molar-refractivity contribution in [2.24, 2.45) is 0 Å². The summed E-state index contributed by atoms with van der Waals surface area (Å²) in [5, 5.41) is 8.93. The van der Waals surface area contributed by atoms with Gasteiger partial charge < -0.3 is 10.6 Å². The highest BCUT2D eigenvalue weighted by Gasteiger charge is 2.38. The molecule has 0 bridgehead atoms. The quantitative estimate of drug-likeness (QED) is 0.643. The Morgan fingerprint density at radius 3 is 2.31 bits per heavy atom. The van der Waals surface area contributed by atoms with Crippen LogP contribution in [-0.4, -0.2) is 17.6 Å². The molecule has 2 aromatic rings. The summed E-state index contributed by atoms with van der Waals surface area (Å²) in [5.74, 6) is -0.468. The van der Waals surface area contributed by atoms with Crippen molar-refractivity contribution < 1.29 is 18.0 Å². The molecule has 1 aliphatic heterocycles. The molecule has 1 amide bonds. The summed E-state index contributed by atoms with van der Waals surface area (Å²) in [4.78, 5) is 14.9. The van der Waals surface area contributed by atoms with Gasteiger partial charge in [-0.2, -0.15) is 18.4 Å². The van der Waals surface area contributed by atoms with Gasteiger partial charge in [0.2, 0.25) is 0 Å². The van der Waals surface area contributed by atoms with Gasteiger partial charge in [0.25, 0.3) is 5.91 Å². The monoisotopic (exact) mass is 376 g/mol. The molecule has 0 spiro atoms. The number of hydrogen-bond donors (Lipinski definition) is 1. The van der Waals surface area contributed by atoms with Crippen molar-refractivity contribution in [3.63, 3.8) is 0 Å². The lowest BCUT2D eigenvalue weighted by Gasteiger charge is -2.21. The first kappa shape index (κ1) is 17.7. The Morgan fingerprint density at radius 1 is 1.12 bits per heavy atom. The van der Waals surface area contributed by atoms with E-state index < -0.39 is 23.2 Å². The molecule has 1 fully saturated rings. The van der Waals surface area contributed by atoms with Crippen molar-refractivity contribution in [1.82, 2.24) is 0 Å². The Bertz CT molecular complexity index is 935. The topological polar surface area (TPSA) is 73.4 Å². The lowest BCUT2D eigenvalue weighted by atomic mass is 10.1. The summed E-state index contributed by atoms with van der Waals surface area (Å²) in [7, 11) is 0. The Labute approximate surface area is 152 Å². The number of alkyl halides is 3. The van der Waals surface area contributed by atoms with E-state index in [0.29, 0.717) is 11.4 Å². The van der Waals surface area contributed by atoms with Crippen LogP contribution in [0.4, 0.5) is 30.2 Å². The lowest BCUT2D eigenvalue weighted by molar-refractivity contribution is -0.137. The molecule has 3 rings (SSSR count). The first-order valence-corrected chi connectivity index (χ1v) is 7.74. The third-order valence-corrected chi connectivity index (χ3v) is 4.26. The zero-order valence-corrected chi connectivity index (χ0v) is 13.9. The van der Waals surface area contributed by atoms with E-state index in [1.807, 2.05) is 0 Å². The van der Waals surface area contributed by atoms with Crippen molar-refractivity contribution in [3.05, 3.63) is 53.6 Å². The average molecular weight is 376 g/mol. The van der Waals surface area contributed by atoms with Crippen LogP contribution in [0.1, 0.15) is 11.1 Å². The summed E-state index contributed by atoms with van der Waals surface area (Å²) in [6.45, 7) is -0.107. The van der Waals surface area contributed by atoms with Crippen LogP contribution in [0.2, 0.25) is 0 Å². The minimum Gasteiger partial charge on any atom is -0.399 e. The first-order valence-electron chi connectivity index (χ1n) is 7.33. The van der Waals surface area contributed by atoms with Gasteiger partial charge in [-0.25, -0.2) is 0 Å². The Morgan fingerprint density at radius 2 is 1.73 bits per heavy atom. The second-order valence-corrected chi connectivity index (χ2v) is 5.89. The van der Waals surface area contributed by atoms with Crippen LogP contribution in [0.15, 0.2) is 42.5 Å². The molecule has 9 heteroatoms. The van der Waals surface area contributed by atoms with E-state index in [0.717, 1.165) is 17.0 Å². The highest BCUT2D eigenvalue weighted by molar-refractivity contribution is 7.81. The van der Waals surface area contributed by atoms with Crippen molar-refractivity contribution >= 4 is 40.3 Å². The van der Waals surface area contributed by atoms with Crippen molar-refractivity contribution in [2.45, 2.75) is 6.18 Å². The fraction of sp³-hybridized carbons (Fsp3) is 0.118. The fourth-order valence-electron chi connectivity index (χ4n) is 2.61. The number of nitrogens with two attached hydrogens (primary N) is 1. The van der Waals surface area contributed by atoms with E-state index in [2.05, 4.69) is 0 Å². The number of rotatable bonds is 2. The second kappa shape index (κ2) is 6.31. The van der Waals surface area contributed by atoms with Crippen LogP contribution in [0.3, 0.4) is 0 Å². The van der Waals surface area contributed by atoms with E-state index in [-0.39, 0.29) is 17.3 Å². The van der Waals surface area contributed by atoms with Crippen molar-refractivity contribution in [3.8, 4) is 6.07 Å². The van der Waals surface area contributed by atoms with Gasteiger partial charge >= 0.3 is 6.18 Å². The molecule has 0 aliphatic carbocycles. The molecule has 132 valence electrons. The molecule has 0 unspecified atom stereocenters. The first-order chi connectivity index (χ1) is 12.2. The molecular weight excluding hydrogens is 365 g/mol. The number of halogens is 3. The summed E-state index contributed by atoms with van der Waals surface area (Å²) < 4.78 is 39.5. The van der Waals surface area contributed by atoms with Crippen LogP contribution in [-0.2, 0) is 11.0 Å². The minimum absolute atomic E-state index is 0.0377. The maximum absolute atomic E-state index is 13.2. The zero-order valence-electron chi connectivity index (χ0n) is 13.1. The largest absolute Gasteiger partial charge is 0.417 e. The predicted molar refractivity (Wildman–Crippen MR) is 94.4 cm³/mol. The van der Waals surface area contributed by atoms with Crippen LogP contribution in [0, 0.1) is 11.3 Å². The second-order valence-electron chi connectivity index (χ2n) is 5.53. The normalized spacial score (nSPS) is 14.7. The molecule has 1 aliphatic rings. The number of carbonyl (C=O) groups is 1. The Balaban J connectivity index is 2.00. The van der Waals surface area contributed by atoms with Crippen LogP contribution in [0.5, 0.6) is 0 Å². The van der Waals surface area contributed by atoms with Gasteiger partial charge in [-0.05, 0) is 54.7 Å². The van der Waals surface area contributed by atoms with Gasteiger partial charge in [0.1, 0.15) is 6.54 Å². The molecule has 0 aromatic heterocycles. The van der Waals surface area contributed by atoms with Gasteiger partial charge in [-0.15, -0.1) is 0 Å². The third-order valence-electron chi connectivity index (χ3n) is 3.86. The maximum atomic E-state index is 13.2. The van der Waals surface area contributed by atoms with Crippen LogP contribution >= 0.6 is 12.2 Å². The molecule has 1 heterocycles. The molecule has 0 saturated carbocycles. The van der Waals surface area contributed by atoms with E-state index in [9.17, 15) is 18.0 Å². The molecule has 1 saturated heterocycles. The van der Waals surface area contributed by atoms with E-state index in [4.69, 9.17) is 23.2 Å². The van der Waals surface area contributed by atoms with Gasteiger partial charge in [0.05, 0.1) is 22.9 Å². The average Bonchev–Trinajstić information content (AvgIpc) is 2.89. The van der Waals surface area contributed by atoms with E-state index in [1.165, 1.54) is 17.0 Å². The molecule has 26 heavy (non-hydrogen) atoms. The minimum atomic E-state index is -4.72.